The Kier molecular flexibility index (Phi) is 3.65. The fourth-order valence-electron chi connectivity index (χ4n) is 1.38. The molecule has 0 amide bonds. The van der Waals surface area contributed by atoms with E-state index in [1.54, 1.807) is 7.05 Å². The zero-order valence-electron chi connectivity index (χ0n) is 8.45. The number of carboxylic acids is 1. The molecule has 1 atom stereocenters. The molecule has 1 aromatic carbocycles. The van der Waals surface area contributed by atoms with Crippen LogP contribution in [0.2, 0.25) is 0 Å². The number of likely N-dealkylation sites (N-methyl/N-ethyl adjacent to an activating group) is 1. The summed E-state index contributed by atoms with van der Waals surface area (Å²) in [6.07, 6.45) is 0.970. The molecule has 1 rings (SSSR count). The van der Waals surface area contributed by atoms with Crippen molar-refractivity contribution in [3.63, 3.8) is 0 Å². The van der Waals surface area contributed by atoms with Crippen molar-refractivity contribution in [2.75, 3.05) is 7.05 Å². The van der Waals surface area contributed by atoms with Crippen LogP contribution >= 0.6 is 0 Å². The van der Waals surface area contributed by atoms with Gasteiger partial charge in [-0.2, -0.15) is 0 Å². The molecule has 0 heterocycles. The summed E-state index contributed by atoms with van der Waals surface area (Å²) in [5.41, 5.74) is 2.01. The third-order valence-electron chi connectivity index (χ3n) is 2.26. The van der Waals surface area contributed by atoms with Crippen LogP contribution in [0.1, 0.15) is 24.1 Å². The number of aryl methyl sites for hydroxylation is 1. The molecule has 0 saturated heterocycles. The fourth-order valence-corrected chi connectivity index (χ4v) is 1.38. The van der Waals surface area contributed by atoms with Crippen molar-refractivity contribution in [1.82, 2.24) is 5.32 Å². The highest BCUT2D eigenvalue weighted by molar-refractivity contribution is 5.75. The SMILES string of the molecule is CCc1ccc([C@H](NC)C(=O)O)cc1. The molecule has 1 aromatic rings. The van der Waals surface area contributed by atoms with Gasteiger partial charge < -0.3 is 10.4 Å². The number of benzene rings is 1. The van der Waals surface area contributed by atoms with Crippen LogP contribution in [-0.2, 0) is 11.2 Å². The van der Waals surface area contributed by atoms with Gasteiger partial charge in [0, 0.05) is 0 Å². The molecule has 14 heavy (non-hydrogen) atoms. The van der Waals surface area contributed by atoms with E-state index < -0.39 is 12.0 Å². The molecule has 0 aliphatic carbocycles. The van der Waals surface area contributed by atoms with Crippen LogP contribution in [0.25, 0.3) is 0 Å². The van der Waals surface area contributed by atoms with E-state index in [0.717, 1.165) is 12.0 Å². The van der Waals surface area contributed by atoms with Crippen LogP contribution in [0.5, 0.6) is 0 Å². The van der Waals surface area contributed by atoms with E-state index in [1.807, 2.05) is 24.3 Å². The van der Waals surface area contributed by atoms with Crippen molar-refractivity contribution in [2.24, 2.45) is 0 Å². The van der Waals surface area contributed by atoms with Crippen LogP contribution in [0, 0.1) is 0 Å². The minimum Gasteiger partial charge on any atom is -0.480 e. The highest BCUT2D eigenvalue weighted by atomic mass is 16.4. The first-order valence-electron chi connectivity index (χ1n) is 4.68. The molecule has 0 unspecified atom stereocenters. The van der Waals surface area contributed by atoms with Crippen LogP contribution < -0.4 is 5.32 Å². The smallest absolute Gasteiger partial charge is 0.325 e. The lowest BCUT2D eigenvalue weighted by molar-refractivity contribution is -0.139. The normalized spacial score (nSPS) is 12.4. The molecule has 0 spiro atoms. The summed E-state index contributed by atoms with van der Waals surface area (Å²) < 4.78 is 0. The van der Waals surface area contributed by atoms with Gasteiger partial charge in [0.05, 0.1) is 0 Å². The van der Waals surface area contributed by atoms with E-state index in [1.165, 1.54) is 5.56 Å². The van der Waals surface area contributed by atoms with Crippen molar-refractivity contribution in [2.45, 2.75) is 19.4 Å². The van der Waals surface area contributed by atoms with E-state index >= 15 is 0 Å². The first-order chi connectivity index (χ1) is 6.69. The number of aliphatic carboxylic acids is 1. The van der Waals surface area contributed by atoms with Gasteiger partial charge in [-0.25, -0.2) is 0 Å². The maximum absolute atomic E-state index is 10.8. The number of carboxylic acid groups (broad SMARTS) is 1. The Balaban J connectivity index is 2.89. The number of rotatable bonds is 4. The maximum Gasteiger partial charge on any atom is 0.325 e. The fraction of sp³-hybridized carbons (Fsp3) is 0.364. The number of carbonyl (C=O) groups is 1. The van der Waals surface area contributed by atoms with Crippen LogP contribution in [-0.4, -0.2) is 18.1 Å². The van der Waals surface area contributed by atoms with E-state index in [4.69, 9.17) is 5.11 Å². The highest BCUT2D eigenvalue weighted by Gasteiger charge is 2.16. The van der Waals surface area contributed by atoms with Crippen molar-refractivity contribution in [3.05, 3.63) is 35.4 Å². The Hall–Kier alpha value is -1.35. The molecular weight excluding hydrogens is 178 g/mol. The lowest BCUT2D eigenvalue weighted by Crippen LogP contribution is -2.24. The molecule has 0 aliphatic rings. The summed E-state index contributed by atoms with van der Waals surface area (Å²) in [6.45, 7) is 2.07. The van der Waals surface area contributed by atoms with E-state index in [9.17, 15) is 4.79 Å². The van der Waals surface area contributed by atoms with Crippen LogP contribution in [0.15, 0.2) is 24.3 Å². The summed E-state index contributed by atoms with van der Waals surface area (Å²) in [5, 5.41) is 11.6. The van der Waals surface area contributed by atoms with Crippen molar-refractivity contribution >= 4 is 5.97 Å². The van der Waals surface area contributed by atoms with E-state index in [0.29, 0.717) is 0 Å². The third kappa shape index (κ3) is 2.33. The second kappa shape index (κ2) is 4.77. The molecule has 3 heteroatoms. The standard InChI is InChI=1S/C11H15NO2/c1-3-8-4-6-9(7-5-8)10(12-2)11(13)14/h4-7,10,12H,3H2,1-2H3,(H,13,14)/t10-/m0/s1. The minimum absolute atomic E-state index is 0.610. The predicted molar refractivity (Wildman–Crippen MR) is 55.3 cm³/mol. The van der Waals surface area contributed by atoms with Gasteiger partial charge in [-0.05, 0) is 24.6 Å². The molecule has 76 valence electrons. The average Bonchev–Trinajstić information content (AvgIpc) is 2.19. The number of nitrogens with one attached hydrogen (secondary N) is 1. The second-order valence-corrected chi connectivity index (χ2v) is 3.16. The molecule has 3 nitrogen and oxygen atoms in total. The van der Waals surface area contributed by atoms with Gasteiger partial charge in [0.15, 0.2) is 0 Å². The number of hydrogen-bond acceptors (Lipinski definition) is 2. The first kappa shape index (κ1) is 10.7. The minimum atomic E-state index is -0.850. The summed E-state index contributed by atoms with van der Waals surface area (Å²) in [7, 11) is 1.65. The molecule has 2 N–H and O–H groups in total. The van der Waals surface area contributed by atoms with Crippen LogP contribution in [0.4, 0.5) is 0 Å². The Bertz CT molecular complexity index is 306. The monoisotopic (exact) mass is 193 g/mol. The Morgan fingerprint density at radius 3 is 2.36 bits per heavy atom. The number of hydrogen-bond donors (Lipinski definition) is 2. The van der Waals surface area contributed by atoms with Gasteiger partial charge in [0.2, 0.25) is 0 Å². The third-order valence-corrected chi connectivity index (χ3v) is 2.26. The lowest BCUT2D eigenvalue weighted by Gasteiger charge is -2.11. The van der Waals surface area contributed by atoms with Crippen molar-refractivity contribution in [3.8, 4) is 0 Å². The zero-order chi connectivity index (χ0) is 10.6. The van der Waals surface area contributed by atoms with Gasteiger partial charge >= 0.3 is 5.97 Å². The van der Waals surface area contributed by atoms with Gasteiger partial charge in [0.1, 0.15) is 6.04 Å². The highest BCUT2D eigenvalue weighted by Crippen LogP contribution is 2.13. The summed E-state index contributed by atoms with van der Waals surface area (Å²) in [5.74, 6) is -0.850. The molecule has 0 aromatic heterocycles. The molecule has 0 bridgehead atoms. The largest absolute Gasteiger partial charge is 0.480 e. The Morgan fingerprint density at radius 2 is 2.00 bits per heavy atom. The molecular formula is C11H15NO2. The summed E-state index contributed by atoms with van der Waals surface area (Å²) >= 11 is 0. The average molecular weight is 193 g/mol. The van der Waals surface area contributed by atoms with Gasteiger partial charge in [0.25, 0.3) is 0 Å². The topological polar surface area (TPSA) is 49.3 Å². The second-order valence-electron chi connectivity index (χ2n) is 3.16. The van der Waals surface area contributed by atoms with Gasteiger partial charge in [-0.1, -0.05) is 31.2 Å². The predicted octanol–water partition coefficient (Wildman–Crippen LogP) is 1.59. The molecule has 0 aliphatic heterocycles. The van der Waals surface area contributed by atoms with Gasteiger partial charge in [-0.3, -0.25) is 4.79 Å². The Morgan fingerprint density at radius 1 is 1.43 bits per heavy atom. The van der Waals surface area contributed by atoms with Gasteiger partial charge in [-0.15, -0.1) is 0 Å². The summed E-state index contributed by atoms with van der Waals surface area (Å²) in [4.78, 5) is 10.8. The molecule has 0 fully saturated rings. The van der Waals surface area contributed by atoms with E-state index in [2.05, 4.69) is 12.2 Å². The first-order valence-corrected chi connectivity index (χ1v) is 4.68. The van der Waals surface area contributed by atoms with Crippen LogP contribution in [0.3, 0.4) is 0 Å². The molecule has 0 saturated carbocycles. The summed E-state index contributed by atoms with van der Waals surface area (Å²) in [6, 6.07) is 7.02. The zero-order valence-corrected chi connectivity index (χ0v) is 8.45. The van der Waals surface area contributed by atoms with E-state index in [-0.39, 0.29) is 0 Å². The lowest BCUT2D eigenvalue weighted by atomic mass is 10.0. The molecule has 0 radical (unpaired) electrons. The van der Waals surface area contributed by atoms with Crippen molar-refractivity contribution < 1.29 is 9.90 Å². The quantitative estimate of drug-likeness (QED) is 0.763. The Labute approximate surface area is 83.8 Å². The maximum atomic E-state index is 10.8. The van der Waals surface area contributed by atoms with Crippen molar-refractivity contribution in [1.29, 1.82) is 0 Å².